The normalized spacial score (nSPS) is 12.6. The molecule has 2 aromatic rings. The van der Waals surface area contributed by atoms with Crippen LogP contribution in [0, 0.1) is 6.92 Å². The van der Waals surface area contributed by atoms with Crippen LogP contribution in [-0.4, -0.2) is 38.8 Å². The van der Waals surface area contributed by atoms with Gasteiger partial charge in [0.2, 0.25) is 0 Å². The van der Waals surface area contributed by atoms with Crippen LogP contribution in [-0.2, 0) is 17.7 Å². The molecule has 21 heavy (non-hydrogen) atoms. The van der Waals surface area contributed by atoms with E-state index in [1.54, 1.807) is 11.8 Å². The minimum absolute atomic E-state index is 0.426. The quantitative estimate of drug-likeness (QED) is 0.882. The number of methoxy groups -OCH3 is 1. The maximum Gasteiger partial charge on any atom is 0.124 e. The third kappa shape index (κ3) is 3.40. The first-order valence-corrected chi connectivity index (χ1v) is 7.17. The van der Waals surface area contributed by atoms with E-state index in [1.807, 2.05) is 19.9 Å². The lowest BCUT2D eigenvalue weighted by atomic mass is 10.0. The van der Waals surface area contributed by atoms with Gasteiger partial charge in [-0.15, -0.1) is 0 Å². The first-order chi connectivity index (χ1) is 10.1. The van der Waals surface area contributed by atoms with Gasteiger partial charge in [0.05, 0.1) is 41.5 Å². The number of aliphatic hydroxyl groups is 1. The molecular formula is C14H19ClN4O2. The first-order valence-electron chi connectivity index (χ1n) is 6.79. The fraction of sp³-hybridized carbons (Fsp3) is 0.500. The van der Waals surface area contributed by atoms with E-state index in [0.29, 0.717) is 35.9 Å². The molecule has 0 aromatic carbocycles. The van der Waals surface area contributed by atoms with Crippen LogP contribution in [0.1, 0.15) is 35.7 Å². The molecular weight excluding hydrogens is 292 g/mol. The molecule has 7 heteroatoms. The van der Waals surface area contributed by atoms with Crippen LogP contribution >= 0.6 is 11.6 Å². The molecule has 2 rings (SSSR count). The number of aliphatic hydroxyl groups excluding tert-OH is 1. The van der Waals surface area contributed by atoms with Crippen molar-refractivity contribution >= 4 is 11.6 Å². The predicted octanol–water partition coefficient (Wildman–Crippen LogP) is 1.93. The van der Waals surface area contributed by atoms with Crippen molar-refractivity contribution in [3.63, 3.8) is 0 Å². The lowest BCUT2D eigenvalue weighted by Crippen LogP contribution is -2.15. The molecule has 6 nitrogen and oxygen atoms in total. The summed E-state index contributed by atoms with van der Waals surface area (Å²) in [6.07, 6.45) is 1.33. The largest absolute Gasteiger partial charge is 0.383 e. The summed E-state index contributed by atoms with van der Waals surface area (Å²) in [4.78, 5) is 0. The van der Waals surface area contributed by atoms with Gasteiger partial charge in [-0.3, -0.25) is 4.68 Å². The van der Waals surface area contributed by atoms with Crippen molar-refractivity contribution in [2.75, 3.05) is 13.7 Å². The van der Waals surface area contributed by atoms with E-state index in [9.17, 15) is 5.11 Å². The third-order valence-electron chi connectivity index (χ3n) is 3.25. The lowest BCUT2D eigenvalue weighted by molar-refractivity contribution is 0.171. The second-order valence-corrected chi connectivity index (χ2v) is 5.14. The van der Waals surface area contributed by atoms with Gasteiger partial charge in [-0.25, -0.2) is 0 Å². The molecule has 0 bridgehead atoms. The van der Waals surface area contributed by atoms with Crippen LogP contribution in [0.4, 0.5) is 0 Å². The highest BCUT2D eigenvalue weighted by molar-refractivity contribution is 6.31. The SMILES string of the molecule is CCc1nnc(C)cc1C(O)c1c(Cl)cnn1CCOC. The van der Waals surface area contributed by atoms with Gasteiger partial charge < -0.3 is 9.84 Å². The number of halogens is 1. The molecule has 0 spiro atoms. The number of aromatic nitrogens is 4. The Labute approximate surface area is 128 Å². The Kier molecular flexibility index (Phi) is 5.27. The van der Waals surface area contributed by atoms with Crippen LogP contribution in [0.2, 0.25) is 5.02 Å². The van der Waals surface area contributed by atoms with Gasteiger partial charge in [0.1, 0.15) is 6.10 Å². The molecule has 114 valence electrons. The molecule has 1 N–H and O–H groups in total. The van der Waals surface area contributed by atoms with Crippen LogP contribution in [0.3, 0.4) is 0 Å². The van der Waals surface area contributed by atoms with Crippen molar-refractivity contribution < 1.29 is 9.84 Å². The maximum absolute atomic E-state index is 10.7. The van der Waals surface area contributed by atoms with E-state index < -0.39 is 6.10 Å². The smallest absolute Gasteiger partial charge is 0.124 e. The van der Waals surface area contributed by atoms with Gasteiger partial charge in [-0.2, -0.15) is 15.3 Å². The number of rotatable bonds is 6. The van der Waals surface area contributed by atoms with Gasteiger partial charge in [0.25, 0.3) is 0 Å². The molecule has 2 aromatic heterocycles. The lowest BCUT2D eigenvalue weighted by Gasteiger charge is -2.16. The topological polar surface area (TPSA) is 73.1 Å². The monoisotopic (exact) mass is 310 g/mol. The van der Waals surface area contributed by atoms with E-state index in [1.165, 1.54) is 6.20 Å². The Morgan fingerprint density at radius 2 is 2.19 bits per heavy atom. The minimum Gasteiger partial charge on any atom is -0.383 e. The van der Waals surface area contributed by atoms with Gasteiger partial charge in [-0.1, -0.05) is 18.5 Å². The molecule has 0 amide bonds. The molecule has 2 heterocycles. The molecule has 1 atom stereocenters. The predicted molar refractivity (Wildman–Crippen MR) is 79.3 cm³/mol. The number of ether oxygens (including phenoxy) is 1. The zero-order chi connectivity index (χ0) is 15.4. The Bertz CT molecular complexity index is 615. The average molecular weight is 311 g/mol. The van der Waals surface area contributed by atoms with Crippen molar-refractivity contribution in [3.8, 4) is 0 Å². The average Bonchev–Trinajstić information content (AvgIpc) is 2.85. The Morgan fingerprint density at radius 1 is 1.43 bits per heavy atom. The fourth-order valence-corrected chi connectivity index (χ4v) is 2.44. The van der Waals surface area contributed by atoms with Crippen LogP contribution in [0.25, 0.3) is 0 Å². The molecule has 0 saturated heterocycles. The van der Waals surface area contributed by atoms with E-state index in [4.69, 9.17) is 16.3 Å². The third-order valence-corrected chi connectivity index (χ3v) is 3.55. The van der Waals surface area contributed by atoms with Gasteiger partial charge in [-0.05, 0) is 19.4 Å². The molecule has 0 radical (unpaired) electrons. The summed E-state index contributed by atoms with van der Waals surface area (Å²) in [6.45, 7) is 4.83. The van der Waals surface area contributed by atoms with Gasteiger partial charge >= 0.3 is 0 Å². The molecule has 0 aliphatic heterocycles. The zero-order valence-electron chi connectivity index (χ0n) is 12.4. The summed E-state index contributed by atoms with van der Waals surface area (Å²) >= 11 is 6.18. The summed E-state index contributed by atoms with van der Waals surface area (Å²) in [6, 6.07) is 1.83. The van der Waals surface area contributed by atoms with E-state index in [-0.39, 0.29) is 0 Å². The summed E-state index contributed by atoms with van der Waals surface area (Å²) in [5, 5.41) is 23.5. The van der Waals surface area contributed by atoms with Crippen LogP contribution in [0.5, 0.6) is 0 Å². The van der Waals surface area contributed by atoms with E-state index >= 15 is 0 Å². The molecule has 0 saturated carbocycles. The van der Waals surface area contributed by atoms with Crippen molar-refractivity contribution in [1.82, 2.24) is 20.0 Å². The maximum atomic E-state index is 10.7. The fourth-order valence-electron chi connectivity index (χ4n) is 2.19. The van der Waals surface area contributed by atoms with Crippen molar-refractivity contribution in [1.29, 1.82) is 0 Å². The molecule has 1 unspecified atom stereocenters. The highest BCUT2D eigenvalue weighted by atomic mass is 35.5. The molecule has 0 aliphatic rings. The second kappa shape index (κ2) is 6.98. The van der Waals surface area contributed by atoms with E-state index in [2.05, 4.69) is 15.3 Å². The Morgan fingerprint density at radius 3 is 2.86 bits per heavy atom. The standard InChI is InChI=1S/C14H19ClN4O2/c1-4-12-10(7-9(2)17-18-12)14(20)13-11(15)8-16-19(13)5-6-21-3/h7-8,14,20H,4-6H2,1-3H3. The number of hydrogen-bond acceptors (Lipinski definition) is 5. The molecule has 0 aliphatic carbocycles. The summed E-state index contributed by atoms with van der Waals surface area (Å²) < 4.78 is 6.71. The number of nitrogens with zero attached hydrogens (tertiary/aromatic N) is 4. The van der Waals surface area contributed by atoms with E-state index in [0.717, 1.165) is 11.4 Å². The highest BCUT2D eigenvalue weighted by Crippen LogP contribution is 2.29. The first kappa shape index (κ1) is 15.9. The van der Waals surface area contributed by atoms with Crippen LogP contribution in [0.15, 0.2) is 12.3 Å². The zero-order valence-corrected chi connectivity index (χ0v) is 13.1. The minimum atomic E-state index is -0.888. The second-order valence-electron chi connectivity index (χ2n) is 4.74. The Hall–Kier alpha value is -1.50. The van der Waals surface area contributed by atoms with Crippen molar-refractivity contribution in [3.05, 3.63) is 39.9 Å². The summed E-state index contributed by atoms with van der Waals surface area (Å²) in [7, 11) is 1.62. The van der Waals surface area contributed by atoms with Crippen LogP contribution < -0.4 is 0 Å². The van der Waals surface area contributed by atoms with Gasteiger partial charge in [0, 0.05) is 12.7 Å². The number of hydrogen-bond donors (Lipinski definition) is 1. The summed E-state index contributed by atoms with van der Waals surface area (Å²) in [5.41, 5.74) is 2.77. The van der Waals surface area contributed by atoms with Gasteiger partial charge in [0.15, 0.2) is 0 Å². The highest BCUT2D eigenvalue weighted by Gasteiger charge is 2.23. The Balaban J connectivity index is 2.42. The molecule has 0 fully saturated rings. The number of aryl methyl sites for hydroxylation is 2. The summed E-state index contributed by atoms with van der Waals surface area (Å²) in [5.74, 6) is 0. The van der Waals surface area contributed by atoms with Crippen molar-refractivity contribution in [2.24, 2.45) is 0 Å². The van der Waals surface area contributed by atoms with Crippen molar-refractivity contribution in [2.45, 2.75) is 32.9 Å².